The zero-order valence-electron chi connectivity index (χ0n) is 15.5. The van der Waals surface area contributed by atoms with Crippen molar-refractivity contribution in [3.8, 4) is 5.75 Å². The van der Waals surface area contributed by atoms with Crippen molar-refractivity contribution in [3.63, 3.8) is 0 Å². The summed E-state index contributed by atoms with van der Waals surface area (Å²) in [6.07, 6.45) is 0. The molecule has 0 aliphatic carbocycles. The molecule has 0 aliphatic rings. The second-order valence-electron chi connectivity index (χ2n) is 5.93. The summed E-state index contributed by atoms with van der Waals surface area (Å²) >= 11 is 0. The number of benzene rings is 1. The maximum absolute atomic E-state index is 12.7. The number of likely N-dealkylation sites (N-methyl/N-ethyl adjacent to an activating group) is 1. The van der Waals surface area contributed by atoms with E-state index in [0.717, 1.165) is 0 Å². The molecule has 1 amide bonds. The van der Waals surface area contributed by atoms with Crippen LogP contribution in [0.15, 0.2) is 24.3 Å². The van der Waals surface area contributed by atoms with Crippen LogP contribution in [0, 0.1) is 13.8 Å². The van der Waals surface area contributed by atoms with Crippen LogP contribution in [-0.2, 0) is 4.74 Å². The molecule has 0 radical (unpaired) electrons. The molecule has 7 nitrogen and oxygen atoms in total. The third-order valence-corrected chi connectivity index (χ3v) is 4.15. The number of amides is 1. The van der Waals surface area contributed by atoms with Crippen LogP contribution in [0.3, 0.4) is 0 Å². The SMILES string of the molecule is COC(=O)c1[nH]c(C)c(C(=O)CN(C)C(=O)c2cccc(OC)c2)c1C. The number of ketones is 1. The smallest absolute Gasteiger partial charge is 0.354 e. The number of aromatic nitrogens is 1. The lowest BCUT2D eigenvalue weighted by molar-refractivity contribution is 0.0593. The zero-order valence-corrected chi connectivity index (χ0v) is 15.5. The third kappa shape index (κ3) is 3.77. The first kappa shape index (κ1) is 19.2. The summed E-state index contributed by atoms with van der Waals surface area (Å²) in [6, 6.07) is 6.73. The van der Waals surface area contributed by atoms with Crippen LogP contribution in [0.5, 0.6) is 5.75 Å². The number of aromatic amines is 1. The molecule has 0 atom stereocenters. The summed E-state index contributed by atoms with van der Waals surface area (Å²) in [4.78, 5) is 41.2. The van der Waals surface area contributed by atoms with Gasteiger partial charge in [0.25, 0.3) is 5.91 Å². The van der Waals surface area contributed by atoms with E-state index in [-0.39, 0.29) is 23.9 Å². The molecular weight excluding hydrogens is 336 g/mol. The average Bonchev–Trinajstić information content (AvgIpc) is 2.94. The van der Waals surface area contributed by atoms with Gasteiger partial charge in [0.2, 0.25) is 0 Å². The summed E-state index contributed by atoms with van der Waals surface area (Å²) in [5.74, 6) is -0.525. The minimum absolute atomic E-state index is 0.115. The molecule has 0 unspecified atom stereocenters. The van der Waals surface area contributed by atoms with E-state index in [0.29, 0.717) is 28.1 Å². The van der Waals surface area contributed by atoms with Crippen LogP contribution in [-0.4, -0.2) is 55.4 Å². The first-order valence-electron chi connectivity index (χ1n) is 8.00. The number of methoxy groups -OCH3 is 2. The topological polar surface area (TPSA) is 88.7 Å². The largest absolute Gasteiger partial charge is 0.497 e. The Kier molecular flexibility index (Phi) is 5.82. The third-order valence-electron chi connectivity index (χ3n) is 4.15. The van der Waals surface area contributed by atoms with E-state index in [2.05, 4.69) is 4.98 Å². The van der Waals surface area contributed by atoms with Crippen molar-refractivity contribution in [2.24, 2.45) is 0 Å². The number of esters is 1. The number of H-pyrrole nitrogens is 1. The highest BCUT2D eigenvalue weighted by Gasteiger charge is 2.24. The van der Waals surface area contributed by atoms with Gasteiger partial charge in [-0.1, -0.05) is 6.07 Å². The van der Waals surface area contributed by atoms with E-state index < -0.39 is 5.97 Å². The fraction of sp³-hybridized carbons (Fsp3) is 0.316. The Bertz CT molecular complexity index is 854. The lowest BCUT2D eigenvalue weighted by Gasteiger charge is -2.17. The number of hydrogen-bond donors (Lipinski definition) is 1. The minimum atomic E-state index is -0.537. The van der Waals surface area contributed by atoms with E-state index in [4.69, 9.17) is 9.47 Å². The summed E-state index contributed by atoms with van der Waals surface area (Å²) in [6.45, 7) is 3.26. The van der Waals surface area contributed by atoms with Gasteiger partial charge in [0.15, 0.2) is 5.78 Å². The van der Waals surface area contributed by atoms with Crippen LogP contribution in [0.1, 0.15) is 42.5 Å². The quantitative estimate of drug-likeness (QED) is 0.633. The Morgan fingerprint density at radius 1 is 1.15 bits per heavy atom. The van der Waals surface area contributed by atoms with Crippen molar-refractivity contribution in [2.75, 3.05) is 27.8 Å². The lowest BCUT2D eigenvalue weighted by Crippen LogP contribution is -2.32. The van der Waals surface area contributed by atoms with Gasteiger partial charge in [0, 0.05) is 23.9 Å². The summed E-state index contributed by atoms with van der Waals surface area (Å²) < 4.78 is 9.82. The number of Topliss-reactive ketones (excluding diaryl/α,β-unsaturated/α-hetero) is 1. The summed E-state index contributed by atoms with van der Waals surface area (Å²) in [7, 11) is 4.35. The first-order valence-corrected chi connectivity index (χ1v) is 8.00. The molecule has 1 N–H and O–H groups in total. The lowest BCUT2D eigenvalue weighted by atomic mass is 10.0. The molecule has 0 saturated carbocycles. The van der Waals surface area contributed by atoms with Crippen molar-refractivity contribution in [3.05, 3.63) is 52.3 Å². The molecule has 0 aliphatic heterocycles. The Balaban J connectivity index is 2.20. The maximum Gasteiger partial charge on any atom is 0.354 e. The molecule has 0 saturated heterocycles. The van der Waals surface area contributed by atoms with Crippen molar-refractivity contribution < 1.29 is 23.9 Å². The monoisotopic (exact) mass is 358 g/mol. The van der Waals surface area contributed by atoms with E-state index in [9.17, 15) is 14.4 Å². The Morgan fingerprint density at radius 2 is 1.85 bits per heavy atom. The highest BCUT2D eigenvalue weighted by atomic mass is 16.5. The molecule has 1 aromatic carbocycles. The van der Waals surface area contributed by atoms with E-state index >= 15 is 0 Å². The van der Waals surface area contributed by atoms with Crippen LogP contribution in [0.4, 0.5) is 0 Å². The maximum atomic E-state index is 12.7. The molecule has 1 aromatic heterocycles. The van der Waals surface area contributed by atoms with Crippen molar-refractivity contribution in [1.29, 1.82) is 0 Å². The van der Waals surface area contributed by atoms with E-state index in [1.807, 2.05) is 0 Å². The number of ether oxygens (including phenoxy) is 2. The van der Waals surface area contributed by atoms with Gasteiger partial charge in [0.05, 0.1) is 20.8 Å². The van der Waals surface area contributed by atoms with Crippen molar-refractivity contribution in [1.82, 2.24) is 9.88 Å². The minimum Gasteiger partial charge on any atom is -0.497 e. The van der Waals surface area contributed by atoms with Gasteiger partial charge in [-0.2, -0.15) is 0 Å². The van der Waals surface area contributed by atoms with Crippen molar-refractivity contribution in [2.45, 2.75) is 13.8 Å². The highest BCUT2D eigenvalue weighted by molar-refractivity contribution is 6.05. The average molecular weight is 358 g/mol. The second-order valence-corrected chi connectivity index (χ2v) is 5.93. The molecule has 0 bridgehead atoms. The van der Waals surface area contributed by atoms with Crippen molar-refractivity contribution >= 4 is 17.7 Å². The number of carbonyl (C=O) groups excluding carboxylic acids is 3. The molecule has 26 heavy (non-hydrogen) atoms. The van der Waals surface area contributed by atoms with E-state index in [1.165, 1.54) is 19.1 Å². The Labute approximate surface area is 151 Å². The Morgan fingerprint density at radius 3 is 2.46 bits per heavy atom. The number of nitrogens with one attached hydrogen (secondary N) is 1. The fourth-order valence-corrected chi connectivity index (χ4v) is 2.82. The highest BCUT2D eigenvalue weighted by Crippen LogP contribution is 2.20. The molecule has 0 fully saturated rings. The van der Waals surface area contributed by atoms with Crippen LogP contribution in [0.2, 0.25) is 0 Å². The van der Waals surface area contributed by atoms with Crippen LogP contribution in [0.25, 0.3) is 0 Å². The number of nitrogens with zero attached hydrogens (tertiary/aromatic N) is 1. The first-order chi connectivity index (χ1) is 12.3. The fourth-order valence-electron chi connectivity index (χ4n) is 2.82. The Hall–Kier alpha value is -3.09. The van der Waals surface area contributed by atoms with Crippen LogP contribution >= 0.6 is 0 Å². The zero-order chi connectivity index (χ0) is 19.4. The van der Waals surface area contributed by atoms with E-state index in [1.54, 1.807) is 45.2 Å². The van der Waals surface area contributed by atoms with Gasteiger partial charge in [-0.15, -0.1) is 0 Å². The molecular formula is C19H22N2O5. The van der Waals surface area contributed by atoms with Gasteiger partial charge >= 0.3 is 5.97 Å². The molecule has 138 valence electrons. The molecule has 1 heterocycles. The van der Waals surface area contributed by atoms with Gasteiger partial charge in [-0.05, 0) is 37.6 Å². The molecule has 2 rings (SSSR count). The molecule has 7 heteroatoms. The molecule has 0 spiro atoms. The predicted molar refractivity (Wildman–Crippen MR) is 95.9 cm³/mol. The number of aryl methyl sites for hydroxylation is 1. The van der Waals surface area contributed by atoms with Gasteiger partial charge in [-0.3, -0.25) is 9.59 Å². The summed E-state index contributed by atoms with van der Waals surface area (Å²) in [5, 5.41) is 0. The number of rotatable bonds is 6. The van der Waals surface area contributed by atoms with Crippen LogP contribution < -0.4 is 4.74 Å². The molecule has 2 aromatic rings. The summed E-state index contributed by atoms with van der Waals surface area (Å²) in [5.41, 5.74) is 2.15. The number of hydrogen-bond acceptors (Lipinski definition) is 5. The standard InChI is InChI=1S/C19H22N2O5/c1-11-16(12(2)20-17(11)19(24)26-5)15(22)10-21(3)18(23)13-7-6-8-14(9-13)25-4/h6-9,20H,10H2,1-5H3. The van der Waals surface area contributed by atoms with Gasteiger partial charge in [-0.25, -0.2) is 4.79 Å². The normalized spacial score (nSPS) is 10.3. The predicted octanol–water partition coefficient (Wildman–Crippen LogP) is 2.38. The second kappa shape index (κ2) is 7.86. The van der Waals surface area contributed by atoms with Gasteiger partial charge in [0.1, 0.15) is 11.4 Å². The van der Waals surface area contributed by atoms with Gasteiger partial charge < -0.3 is 19.4 Å². The number of carbonyl (C=O) groups is 3.